The predicted octanol–water partition coefficient (Wildman–Crippen LogP) is 7.72. The minimum atomic E-state index is -0.420. The van der Waals surface area contributed by atoms with Crippen LogP contribution in [0.3, 0.4) is 0 Å². The van der Waals surface area contributed by atoms with E-state index in [0.717, 1.165) is 0 Å². The van der Waals surface area contributed by atoms with Crippen molar-refractivity contribution in [3.63, 3.8) is 0 Å². The highest BCUT2D eigenvalue weighted by molar-refractivity contribution is 6.15. The SMILES string of the molecule is Cc1cc2c3c(c1)C1(c4ccccc4-c4ccccc41)c1ccc4ccc5ccc[n+]6c5c4c1[N+]36[n+]1ccc(C)cc1-2. The zero-order chi connectivity index (χ0) is 27.5. The maximum absolute atomic E-state index is 2.54. The molecule has 7 aromatic rings. The molecular weight excluding hydrogens is 510 g/mol. The molecule has 5 heterocycles. The van der Waals surface area contributed by atoms with Crippen LogP contribution in [0.25, 0.3) is 44.1 Å². The molecule has 0 saturated heterocycles. The van der Waals surface area contributed by atoms with Gasteiger partial charge in [-0.15, -0.1) is 0 Å². The lowest BCUT2D eigenvalue weighted by molar-refractivity contribution is -1.02. The minimum Gasteiger partial charge on any atom is -0.0619 e. The quantitative estimate of drug-likeness (QED) is 0.106. The Hall–Kier alpha value is -5.12. The Labute approximate surface area is 243 Å². The fraction of sp³-hybridized carbons (Fsp3) is 0.0769. The Balaban J connectivity index is 1.49. The van der Waals surface area contributed by atoms with Crippen LogP contribution in [0.5, 0.6) is 0 Å². The Morgan fingerprint density at radius 2 is 1.26 bits per heavy atom. The van der Waals surface area contributed by atoms with Gasteiger partial charge >= 0.3 is 0 Å². The zero-order valence-electron chi connectivity index (χ0n) is 23.4. The van der Waals surface area contributed by atoms with Gasteiger partial charge in [0.1, 0.15) is 10.9 Å². The van der Waals surface area contributed by atoms with Crippen molar-refractivity contribution in [1.29, 1.82) is 0 Å². The minimum absolute atomic E-state index is 0.420. The molecule has 0 bridgehead atoms. The highest BCUT2D eigenvalue weighted by atomic mass is 15.9. The number of quaternary nitrogens is 1. The third-order valence-corrected chi connectivity index (χ3v) is 10.5. The summed E-state index contributed by atoms with van der Waals surface area (Å²) in [5.41, 5.74) is 17.0. The molecule has 4 aliphatic rings. The van der Waals surface area contributed by atoms with E-state index in [2.05, 4.69) is 145 Å². The highest BCUT2D eigenvalue weighted by Gasteiger charge is 2.74. The number of nitrogens with zero attached hydrogens (tertiary/aromatic N) is 3. The fourth-order valence-electron chi connectivity index (χ4n) is 9.20. The first-order valence-corrected chi connectivity index (χ1v) is 14.8. The van der Waals surface area contributed by atoms with Crippen LogP contribution in [0.15, 0.2) is 122 Å². The van der Waals surface area contributed by atoms with Crippen molar-refractivity contribution >= 4 is 33.1 Å². The number of aryl methyl sites for hydroxylation is 2. The van der Waals surface area contributed by atoms with Gasteiger partial charge in [-0.25, -0.2) is 0 Å². The van der Waals surface area contributed by atoms with E-state index in [1.165, 1.54) is 88.8 Å². The summed E-state index contributed by atoms with van der Waals surface area (Å²) in [7, 11) is 0. The Morgan fingerprint density at radius 3 is 2.07 bits per heavy atom. The Kier molecular flexibility index (Phi) is 3.43. The molecule has 11 rings (SSSR count). The summed E-state index contributed by atoms with van der Waals surface area (Å²) in [5.74, 6) is 0. The molecule has 0 N–H and O–H groups in total. The molecule has 0 fully saturated rings. The van der Waals surface area contributed by atoms with Gasteiger partial charge in [-0.2, -0.15) is 0 Å². The molecule has 1 aliphatic carbocycles. The van der Waals surface area contributed by atoms with Crippen LogP contribution in [0.1, 0.15) is 33.4 Å². The van der Waals surface area contributed by atoms with E-state index in [0.29, 0.717) is 4.70 Å². The van der Waals surface area contributed by atoms with E-state index in [4.69, 9.17) is 0 Å². The number of rotatable bonds is 0. The molecule has 0 radical (unpaired) electrons. The second-order valence-corrected chi connectivity index (χ2v) is 12.5. The number of hydrogen-bond donors (Lipinski definition) is 0. The second-order valence-electron chi connectivity index (χ2n) is 12.5. The van der Waals surface area contributed by atoms with Crippen molar-refractivity contribution < 1.29 is 9.35 Å². The standard InChI is InChI=1S/C39H26N3/c1-23-17-19-40-34(22-23)29-20-24(2)21-33-37(29)42(40)38-32(16-15-25-13-14-26-8-7-18-41(42)36(26)35(25)38)39(33)30-11-5-3-9-27(30)28-10-4-6-12-31(28)39/h3-22H,1-2H3/q+3. The van der Waals surface area contributed by atoms with Gasteiger partial charge in [0, 0.05) is 29.3 Å². The van der Waals surface area contributed by atoms with Crippen LogP contribution in [0.2, 0.25) is 0 Å². The number of hydrogen-bond acceptors (Lipinski definition) is 0. The monoisotopic (exact) mass is 536 g/mol. The molecule has 2 spiro atoms. The van der Waals surface area contributed by atoms with Crippen molar-refractivity contribution in [1.82, 2.24) is 4.70 Å². The topological polar surface area (TPSA) is 7.76 Å². The molecule has 1 unspecified atom stereocenters. The lowest BCUT2D eigenvalue weighted by atomic mass is 9.64. The van der Waals surface area contributed by atoms with E-state index in [1.54, 1.807) is 0 Å². The molecule has 42 heavy (non-hydrogen) atoms. The van der Waals surface area contributed by atoms with Gasteiger partial charge in [-0.1, -0.05) is 66.7 Å². The average Bonchev–Trinajstić information content (AvgIpc) is 3.60. The largest absolute Gasteiger partial charge is 0.294 e. The van der Waals surface area contributed by atoms with Gasteiger partial charge in [0.25, 0.3) is 22.6 Å². The summed E-state index contributed by atoms with van der Waals surface area (Å²) < 4.78 is 5.59. The lowest BCUT2D eigenvalue weighted by Gasteiger charge is -2.39. The summed E-state index contributed by atoms with van der Waals surface area (Å²) >= 11 is 0. The van der Waals surface area contributed by atoms with Crippen molar-refractivity contribution in [2.45, 2.75) is 19.3 Å². The van der Waals surface area contributed by atoms with E-state index in [-0.39, 0.29) is 0 Å². The van der Waals surface area contributed by atoms with Crippen molar-refractivity contribution in [3.8, 4) is 22.4 Å². The molecule has 5 aromatic carbocycles. The Bertz CT molecular complexity index is 2410. The van der Waals surface area contributed by atoms with Crippen LogP contribution in [0, 0.1) is 13.8 Å². The molecule has 1 atom stereocenters. The van der Waals surface area contributed by atoms with Gasteiger partial charge < -0.3 is 0 Å². The van der Waals surface area contributed by atoms with E-state index in [9.17, 15) is 0 Å². The van der Waals surface area contributed by atoms with Gasteiger partial charge in [0.15, 0.2) is 4.70 Å². The number of fused-ring (bicyclic) bond motifs is 9. The summed E-state index contributed by atoms with van der Waals surface area (Å²) in [5, 5.41) is 3.94. The van der Waals surface area contributed by atoms with Crippen molar-refractivity contribution in [2.75, 3.05) is 0 Å². The van der Waals surface area contributed by atoms with Gasteiger partial charge in [-0.3, -0.25) is 0 Å². The summed E-state index contributed by atoms with van der Waals surface area (Å²) in [6.07, 6.45) is 4.62. The Morgan fingerprint density at radius 1 is 0.524 bits per heavy atom. The molecule has 3 nitrogen and oxygen atoms in total. The molecule has 0 amide bonds. The third-order valence-electron chi connectivity index (χ3n) is 10.5. The number of aromatic nitrogens is 2. The summed E-state index contributed by atoms with van der Waals surface area (Å²) in [6.45, 7) is 4.48. The zero-order valence-corrected chi connectivity index (χ0v) is 23.4. The van der Waals surface area contributed by atoms with Crippen LogP contribution in [0.4, 0.5) is 11.4 Å². The second kappa shape index (κ2) is 6.67. The molecule has 3 aliphatic heterocycles. The van der Waals surface area contributed by atoms with Gasteiger partial charge in [0.2, 0.25) is 12.4 Å². The van der Waals surface area contributed by atoms with Crippen LogP contribution in [-0.4, -0.2) is 0 Å². The van der Waals surface area contributed by atoms with Crippen LogP contribution < -0.4 is 14.1 Å². The van der Waals surface area contributed by atoms with Crippen molar-refractivity contribution in [3.05, 3.63) is 155 Å². The van der Waals surface area contributed by atoms with Crippen LogP contribution in [-0.2, 0) is 5.41 Å². The first kappa shape index (κ1) is 21.6. The van der Waals surface area contributed by atoms with E-state index < -0.39 is 5.41 Å². The lowest BCUT2D eigenvalue weighted by Crippen LogP contribution is -2.82. The number of pyridine rings is 2. The molecular formula is C39H26N3+3. The molecule has 3 heteroatoms. The van der Waals surface area contributed by atoms with E-state index >= 15 is 0 Å². The molecule has 194 valence electrons. The average molecular weight is 537 g/mol. The molecule has 2 aromatic heterocycles. The summed E-state index contributed by atoms with van der Waals surface area (Å²) in [4.78, 5) is 0. The van der Waals surface area contributed by atoms with Gasteiger partial charge in [-0.05, 0) is 76.9 Å². The predicted molar refractivity (Wildman–Crippen MR) is 166 cm³/mol. The third kappa shape index (κ3) is 1.99. The highest BCUT2D eigenvalue weighted by Crippen LogP contribution is 2.67. The maximum atomic E-state index is 2.54. The van der Waals surface area contributed by atoms with Crippen LogP contribution >= 0.6 is 0 Å². The van der Waals surface area contributed by atoms with Crippen molar-refractivity contribution in [2.24, 2.45) is 0 Å². The normalized spacial score (nSPS) is 18.5. The molecule has 0 saturated carbocycles. The summed E-state index contributed by atoms with van der Waals surface area (Å²) in [6, 6.07) is 41.8. The first-order chi connectivity index (χ1) is 20.6. The maximum Gasteiger partial charge on any atom is 0.294 e. The first-order valence-electron chi connectivity index (χ1n) is 14.8. The number of benzene rings is 5. The fourth-order valence-corrected chi connectivity index (χ4v) is 9.20. The van der Waals surface area contributed by atoms with Gasteiger partial charge in [0.05, 0.1) is 20.2 Å². The van der Waals surface area contributed by atoms with E-state index in [1.807, 2.05) is 0 Å². The smallest absolute Gasteiger partial charge is 0.0619 e.